The molecular formula is C29H44N2O4. The Morgan fingerprint density at radius 2 is 1.00 bits per heavy atom. The average Bonchev–Trinajstić information content (AvgIpc) is 3.05. The van der Waals surface area contributed by atoms with Crippen molar-refractivity contribution in [3.8, 4) is 11.5 Å². The molecule has 2 aromatic rings. The minimum Gasteiger partial charge on any atom is -0.488 e. The Bertz CT molecular complexity index is 865. The number of hydrogen-bond acceptors (Lipinski definition) is 6. The molecule has 35 heavy (non-hydrogen) atoms. The second-order valence-electron chi connectivity index (χ2n) is 12.0. The van der Waals surface area contributed by atoms with Crippen LogP contribution in [0.4, 0.5) is 0 Å². The van der Waals surface area contributed by atoms with E-state index >= 15 is 0 Å². The monoisotopic (exact) mass is 484 g/mol. The van der Waals surface area contributed by atoms with Gasteiger partial charge in [-0.2, -0.15) is 0 Å². The van der Waals surface area contributed by atoms with E-state index in [1.54, 1.807) is 0 Å². The largest absolute Gasteiger partial charge is 0.488 e. The van der Waals surface area contributed by atoms with E-state index < -0.39 is 5.79 Å². The Kier molecular flexibility index (Phi) is 8.22. The van der Waals surface area contributed by atoms with E-state index in [1.807, 2.05) is 79.7 Å². The highest BCUT2D eigenvalue weighted by molar-refractivity contribution is 5.30. The quantitative estimate of drug-likeness (QED) is 0.548. The Labute approximate surface area is 211 Å². The summed E-state index contributed by atoms with van der Waals surface area (Å²) in [4.78, 5) is 0. The molecule has 0 unspecified atom stereocenters. The molecule has 0 radical (unpaired) electrons. The lowest BCUT2D eigenvalue weighted by Gasteiger charge is -2.27. The van der Waals surface area contributed by atoms with Crippen molar-refractivity contribution >= 4 is 0 Å². The Morgan fingerprint density at radius 3 is 1.29 bits per heavy atom. The van der Waals surface area contributed by atoms with Gasteiger partial charge in [0.1, 0.15) is 34.9 Å². The molecule has 4 N–H and O–H groups in total. The Hall–Kier alpha value is -2.12. The molecule has 0 bridgehead atoms. The second kappa shape index (κ2) is 10.5. The van der Waals surface area contributed by atoms with Gasteiger partial charge in [0.05, 0.1) is 0 Å². The van der Waals surface area contributed by atoms with Crippen LogP contribution in [-0.2, 0) is 22.3 Å². The third-order valence-corrected chi connectivity index (χ3v) is 5.65. The van der Waals surface area contributed by atoms with Crippen LogP contribution in [0.25, 0.3) is 0 Å². The first-order valence-corrected chi connectivity index (χ1v) is 12.5. The summed E-state index contributed by atoms with van der Waals surface area (Å²) in [5.41, 5.74) is 15.1. The highest BCUT2D eigenvalue weighted by Crippen LogP contribution is 2.33. The summed E-state index contributed by atoms with van der Waals surface area (Å²) >= 11 is 0. The van der Waals surface area contributed by atoms with Crippen molar-refractivity contribution in [2.45, 2.75) is 110 Å². The van der Waals surface area contributed by atoms with Crippen LogP contribution in [0.15, 0.2) is 48.5 Å². The topological polar surface area (TPSA) is 89.0 Å². The molecule has 6 heteroatoms. The van der Waals surface area contributed by atoms with E-state index in [4.69, 9.17) is 30.4 Å². The second-order valence-corrected chi connectivity index (χ2v) is 12.0. The Balaban J connectivity index is 1.65. The normalized spacial score (nSPS) is 22.0. The standard InChI is InChI=1S/C29H44N2O4/c1-27(2,3)32-21-13-9-19(10-14-21)17-23(30)25-26(35-29(7,8)34-25)24(31)18-20-11-15-22(16-12-20)33-28(4,5)6/h9-16,23-26H,17-18,30-31H2,1-8H3/t23-,24-,25+,26+/m1/s1. The molecule has 1 saturated heterocycles. The fourth-order valence-electron chi connectivity index (χ4n) is 4.35. The first-order chi connectivity index (χ1) is 16.1. The molecule has 3 rings (SSSR count). The van der Waals surface area contributed by atoms with Gasteiger partial charge in [0.2, 0.25) is 0 Å². The lowest BCUT2D eigenvalue weighted by molar-refractivity contribution is -0.149. The molecule has 194 valence electrons. The van der Waals surface area contributed by atoms with Gasteiger partial charge in [-0.15, -0.1) is 0 Å². The van der Waals surface area contributed by atoms with Crippen molar-refractivity contribution in [3.05, 3.63) is 59.7 Å². The van der Waals surface area contributed by atoms with Crippen LogP contribution in [-0.4, -0.2) is 41.3 Å². The summed E-state index contributed by atoms with van der Waals surface area (Å²) in [6, 6.07) is 15.6. The van der Waals surface area contributed by atoms with Gasteiger partial charge in [-0.1, -0.05) is 24.3 Å². The molecule has 1 fully saturated rings. The number of benzene rings is 2. The van der Waals surface area contributed by atoms with Gasteiger partial charge in [0, 0.05) is 12.1 Å². The molecule has 4 atom stereocenters. The summed E-state index contributed by atoms with van der Waals surface area (Å²) in [5, 5.41) is 0. The van der Waals surface area contributed by atoms with Crippen LogP contribution in [0, 0.1) is 0 Å². The summed E-state index contributed by atoms with van der Waals surface area (Å²) in [5.74, 6) is 0.949. The van der Waals surface area contributed by atoms with Gasteiger partial charge in [-0.05, 0) is 104 Å². The van der Waals surface area contributed by atoms with Crippen LogP contribution in [0.3, 0.4) is 0 Å². The average molecular weight is 485 g/mol. The third kappa shape index (κ3) is 8.50. The molecule has 2 aromatic carbocycles. The lowest BCUT2D eigenvalue weighted by atomic mass is 9.92. The van der Waals surface area contributed by atoms with Gasteiger partial charge >= 0.3 is 0 Å². The summed E-state index contributed by atoms with van der Waals surface area (Å²) in [6.45, 7) is 16.0. The highest BCUT2D eigenvalue weighted by Gasteiger charge is 2.46. The Morgan fingerprint density at radius 1 is 0.686 bits per heavy atom. The zero-order valence-corrected chi connectivity index (χ0v) is 22.6. The van der Waals surface area contributed by atoms with Crippen LogP contribution >= 0.6 is 0 Å². The number of nitrogens with two attached hydrogens (primary N) is 2. The fourth-order valence-corrected chi connectivity index (χ4v) is 4.35. The van der Waals surface area contributed by atoms with Crippen LogP contribution in [0.2, 0.25) is 0 Å². The van der Waals surface area contributed by atoms with Crippen LogP contribution < -0.4 is 20.9 Å². The lowest BCUT2D eigenvalue weighted by Crippen LogP contribution is -2.51. The molecule has 6 nitrogen and oxygen atoms in total. The maximum absolute atomic E-state index is 6.66. The van der Waals surface area contributed by atoms with Crippen LogP contribution in [0.5, 0.6) is 11.5 Å². The van der Waals surface area contributed by atoms with E-state index in [2.05, 4.69) is 24.3 Å². The van der Waals surface area contributed by atoms with Gasteiger partial charge in [0.15, 0.2) is 5.79 Å². The first-order valence-electron chi connectivity index (χ1n) is 12.5. The number of rotatable bonds is 8. The molecule has 1 heterocycles. The molecule has 0 saturated carbocycles. The van der Waals surface area contributed by atoms with Crippen molar-refractivity contribution in [3.63, 3.8) is 0 Å². The minimum atomic E-state index is -0.737. The van der Waals surface area contributed by atoms with Crippen molar-refractivity contribution in [2.75, 3.05) is 0 Å². The predicted molar refractivity (Wildman–Crippen MR) is 141 cm³/mol. The molecule has 0 spiro atoms. The minimum absolute atomic E-state index is 0.234. The van der Waals surface area contributed by atoms with Gasteiger partial charge in [-0.25, -0.2) is 0 Å². The fraction of sp³-hybridized carbons (Fsp3) is 0.586. The maximum atomic E-state index is 6.66. The van der Waals surface area contributed by atoms with Crippen molar-refractivity contribution < 1.29 is 18.9 Å². The zero-order valence-electron chi connectivity index (χ0n) is 22.6. The van der Waals surface area contributed by atoms with Gasteiger partial charge < -0.3 is 30.4 Å². The van der Waals surface area contributed by atoms with E-state index in [9.17, 15) is 0 Å². The molecule has 1 aliphatic heterocycles. The number of hydrogen-bond donors (Lipinski definition) is 2. The smallest absolute Gasteiger partial charge is 0.163 e. The molecule has 0 aromatic heterocycles. The maximum Gasteiger partial charge on any atom is 0.163 e. The van der Waals surface area contributed by atoms with Crippen LogP contribution in [0.1, 0.15) is 66.5 Å². The summed E-state index contributed by atoms with van der Waals surface area (Å²) in [6.07, 6.45) is 0.687. The molecule has 0 aliphatic carbocycles. The third-order valence-electron chi connectivity index (χ3n) is 5.65. The van der Waals surface area contributed by atoms with E-state index in [-0.39, 0.29) is 35.5 Å². The molecular weight excluding hydrogens is 440 g/mol. The summed E-state index contributed by atoms with van der Waals surface area (Å²) < 4.78 is 24.3. The first kappa shape index (κ1) is 27.5. The van der Waals surface area contributed by atoms with Gasteiger partial charge in [-0.3, -0.25) is 0 Å². The summed E-state index contributed by atoms with van der Waals surface area (Å²) in [7, 11) is 0. The van der Waals surface area contributed by atoms with Crippen molar-refractivity contribution in [1.82, 2.24) is 0 Å². The zero-order chi connectivity index (χ0) is 26.0. The van der Waals surface area contributed by atoms with Crippen molar-refractivity contribution in [2.24, 2.45) is 11.5 Å². The molecule has 0 amide bonds. The predicted octanol–water partition coefficient (Wildman–Crippen LogP) is 5.00. The van der Waals surface area contributed by atoms with E-state index in [0.29, 0.717) is 12.8 Å². The SMILES string of the molecule is CC(C)(C)Oc1ccc(C[C@@H](N)[C@@H]2OC(C)(C)O[C@H]2[C@H](N)Cc2ccc(OC(C)(C)C)cc2)cc1. The van der Waals surface area contributed by atoms with E-state index in [1.165, 1.54) is 0 Å². The van der Waals surface area contributed by atoms with E-state index in [0.717, 1.165) is 22.6 Å². The van der Waals surface area contributed by atoms with Crippen molar-refractivity contribution in [1.29, 1.82) is 0 Å². The van der Waals surface area contributed by atoms with Gasteiger partial charge in [0.25, 0.3) is 0 Å². The number of ether oxygens (including phenoxy) is 4. The molecule has 1 aliphatic rings. The highest BCUT2D eigenvalue weighted by atomic mass is 16.8.